The molecule has 0 radical (unpaired) electrons. The Bertz CT molecular complexity index is 2610. The van der Waals surface area contributed by atoms with Crippen molar-refractivity contribution in [2.75, 3.05) is 4.90 Å². The van der Waals surface area contributed by atoms with Crippen LogP contribution in [0.4, 0.5) is 17.1 Å². The van der Waals surface area contributed by atoms with Crippen LogP contribution in [0, 0.1) is 0 Å². The molecule has 0 aliphatic carbocycles. The molecule has 47 heavy (non-hydrogen) atoms. The first kappa shape index (κ1) is 26.4. The maximum Gasteiger partial charge on any atom is 0.143 e. The van der Waals surface area contributed by atoms with Crippen molar-refractivity contribution in [1.29, 1.82) is 0 Å². The summed E-state index contributed by atoms with van der Waals surface area (Å²) in [5, 5.41) is 5.67. The smallest absolute Gasteiger partial charge is 0.143 e. The van der Waals surface area contributed by atoms with Gasteiger partial charge in [0.1, 0.15) is 11.2 Å². The van der Waals surface area contributed by atoms with Gasteiger partial charge >= 0.3 is 0 Å². The van der Waals surface area contributed by atoms with E-state index in [0.717, 1.165) is 66.3 Å². The molecule has 0 spiro atoms. The highest BCUT2D eigenvalue weighted by Gasteiger charge is 2.24. The molecule has 0 saturated carbocycles. The van der Waals surface area contributed by atoms with Gasteiger partial charge in [0.25, 0.3) is 0 Å². The van der Waals surface area contributed by atoms with E-state index in [1.165, 1.54) is 26.6 Å². The second-order valence-corrected chi connectivity index (χ2v) is 13.0. The van der Waals surface area contributed by atoms with Crippen molar-refractivity contribution in [2.24, 2.45) is 0 Å². The summed E-state index contributed by atoms with van der Waals surface area (Å²) in [6, 6.07) is 55.8. The molecule has 1 aliphatic rings. The van der Waals surface area contributed by atoms with Gasteiger partial charge < -0.3 is 9.32 Å². The fourth-order valence-electron chi connectivity index (χ4n) is 7.15. The van der Waals surface area contributed by atoms with E-state index in [-0.39, 0.29) is 0 Å². The van der Waals surface area contributed by atoms with E-state index >= 15 is 0 Å². The fourth-order valence-corrected chi connectivity index (χ4v) is 8.20. The Morgan fingerprint density at radius 3 is 1.96 bits per heavy atom. The number of benzene rings is 7. The first-order chi connectivity index (χ1) is 23.3. The predicted octanol–water partition coefficient (Wildman–Crippen LogP) is 12.6. The van der Waals surface area contributed by atoms with Gasteiger partial charge in [-0.25, -0.2) is 4.98 Å². The van der Waals surface area contributed by atoms with E-state index in [1.807, 2.05) is 17.8 Å². The van der Waals surface area contributed by atoms with E-state index in [1.54, 1.807) is 0 Å². The number of fused-ring (bicyclic) bond motifs is 9. The van der Waals surface area contributed by atoms with Crippen LogP contribution in [0.25, 0.3) is 66.0 Å². The SMILES string of the molecule is c1ccc(-c2nc3ccccc3c3c2ccc2oc4c(-c5ccc(N6c7ccccc7Sc7ccccc76)cc5)cccc4c23)cc1. The Morgan fingerprint density at radius 2 is 1.17 bits per heavy atom. The molecular formula is C43H26N2OS. The molecule has 0 N–H and O–H groups in total. The van der Waals surface area contributed by atoms with Crippen LogP contribution >= 0.6 is 11.8 Å². The van der Waals surface area contributed by atoms with Crippen molar-refractivity contribution in [3.8, 4) is 22.4 Å². The third-order valence-corrected chi connectivity index (χ3v) is 10.4. The van der Waals surface area contributed by atoms with Crippen LogP contribution in [0.15, 0.2) is 172 Å². The molecule has 0 fully saturated rings. The summed E-state index contributed by atoms with van der Waals surface area (Å²) < 4.78 is 6.75. The summed E-state index contributed by atoms with van der Waals surface area (Å²) >= 11 is 1.83. The zero-order valence-corrected chi connectivity index (χ0v) is 26.0. The predicted molar refractivity (Wildman–Crippen MR) is 196 cm³/mol. The molecule has 3 heterocycles. The highest BCUT2D eigenvalue weighted by Crippen LogP contribution is 2.51. The number of anilines is 3. The minimum Gasteiger partial charge on any atom is -0.455 e. The minimum absolute atomic E-state index is 0.881. The van der Waals surface area contributed by atoms with E-state index in [2.05, 4.69) is 157 Å². The molecule has 2 aromatic heterocycles. The number of para-hydroxylation sites is 4. The van der Waals surface area contributed by atoms with Crippen molar-refractivity contribution < 1.29 is 4.42 Å². The molecule has 220 valence electrons. The molecule has 0 bridgehead atoms. The van der Waals surface area contributed by atoms with Gasteiger partial charge in [-0.05, 0) is 60.2 Å². The zero-order chi connectivity index (χ0) is 30.9. The number of hydrogen-bond acceptors (Lipinski definition) is 4. The normalized spacial score (nSPS) is 12.6. The molecule has 0 amide bonds. The van der Waals surface area contributed by atoms with Gasteiger partial charge in [-0.1, -0.05) is 115 Å². The number of furan rings is 1. The van der Waals surface area contributed by atoms with Gasteiger partial charge in [0.05, 0.1) is 22.6 Å². The number of nitrogens with zero attached hydrogens (tertiary/aromatic N) is 2. The Morgan fingerprint density at radius 1 is 0.489 bits per heavy atom. The van der Waals surface area contributed by atoms with Crippen LogP contribution < -0.4 is 4.90 Å². The molecule has 0 unspecified atom stereocenters. The Kier molecular flexibility index (Phi) is 5.81. The average molecular weight is 619 g/mol. The van der Waals surface area contributed by atoms with Gasteiger partial charge in [0, 0.05) is 53.5 Å². The van der Waals surface area contributed by atoms with Crippen LogP contribution in [0.1, 0.15) is 0 Å². The van der Waals surface area contributed by atoms with Crippen molar-refractivity contribution >= 4 is 72.4 Å². The lowest BCUT2D eigenvalue weighted by atomic mass is 9.95. The molecular weight excluding hydrogens is 593 g/mol. The molecule has 4 heteroatoms. The molecule has 1 aliphatic heterocycles. The van der Waals surface area contributed by atoms with Crippen LogP contribution in [0.3, 0.4) is 0 Å². The van der Waals surface area contributed by atoms with Crippen LogP contribution in [-0.4, -0.2) is 4.98 Å². The van der Waals surface area contributed by atoms with Gasteiger partial charge in [-0.15, -0.1) is 0 Å². The number of pyridine rings is 1. The van der Waals surface area contributed by atoms with E-state index in [4.69, 9.17) is 9.40 Å². The summed E-state index contributed by atoms with van der Waals surface area (Å²) in [6.07, 6.45) is 0. The maximum atomic E-state index is 6.75. The first-order valence-electron chi connectivity index (χ1n) is 15.8. The second-order valence-electron chi connectivity index (χ2n) is 11.9. The average Bonchev–Trinajstić information content (AvgIpc) is 3.53. The highest BCUT2D eigenvalue weighted by atomic mass is 32.2. The number of hydrogen-bond donors (Lipinski definition) is 0. The third kappa shape index (κ3) is 4.05. The largest absolute Gasteiger partial charge is 0.455 e. The molecule has 0 atom stereocenters. The van der Waals surface area contributed by atoms with E-state index in [0.29, 0.717) is 0 Å². The Hall–Kier alpha value is -5.84. The number of aromatic nitrogens is 1. The molecule has 0 saturated heterocycles. The van der Waals surface area contributed by atoms with Crippen LogP contribution in [0.2, 0.25) is 0 Å². The third-order valence-electron chi connectivity index (χ3n) is 9.24. The molecule has 3 nitrogen and oxygen atoms in total. The highest BCUT2D eigenvalue weighted by molar-refractivity contribution is 7.99. The van der Waals surface area contributed by atoms with Crippen LogP contribution in [0.5, 0.6) is 0 Å². The van der Waals surface area contributed by atoms with E-state index in [9.17, 15) is 0 Å². The zero-order valence-electron chi connectivity index (χ0n) is 25.2. The minimum atomic E-state index is 0.881. The van der Waals surface area contributed by atoms with Crippen LogP contribution in [-0.2, 0) is 0 Å². The molecule has 7 aromatic carbocycles. The molecule has 10 rings (SSSR count). The lowest BCUT2D eigenvalue weighted by Gasteiger charge is -2.32. The van der Waals surface area contributed by atoms with E-state index < -0.39 is 0 Å². The summed E-state index contributed by atoms with van der Waals surface area (Å²) in [4.78, 5) is 10.0. The van der Waals surface area contributed by atoms with Crippen molar-refractivity contribution in [2.45, 2.75) is 9.79 Å². The lowest BCUT2D eigenvalue weighted by molar-refractivity contribution is 0.670. The Balaban J connectivity index is 1.16. The van der Waals surface area contributed by atoms with Gasteiger partial charge in [0.15, 0.2) is 0 Å². The summed E-state index contributed by atoms with van der Waals surface area (Å²) in [5.74, 6) is 0. The quantitative estimate of drug-likeness (QED) is 0.184. The summed E-state index contributed by atoms with van der Waals surface area (Å²) in [7, 11) is 0. The Labute approximate surface area is 275 Å². The van der Waals surface area contributed by atoms with Crippen molar-refractivity contribution in [1.82, 2.24) is 4.98 Å². The van der Waals surface area contributed by atoms with Gasteiger partial charge in [-0.2, -0.15) is 0 Å². The number of rotatable bonds is 3. The monoisotopic (exact) mass is 618 g/mol. The molecule has 9 aromatic rings. The second kappa shape index (κ2) is 10.3. The lowest BCUT2D eigenvalue weighted by Crippen LogP contribution is -2.14. The summed E-state index contributed by atoms with van der Waals surface area (Å²) in [6.45, 7) is 0. The summed E-state index contributed by atoms with van der Waals surface area (Å²) in [5.41, 5.74) is 10.6. The van der Waals surface area contributed by atoms with Crippen molar-refractivity contribution in [3.05, 3.63) is 158 Å². The standard InChI is InChI=1S/C43H26N2OS/c1-2-11-28(12-3-1)42-32-25-26-37-41(40(32)31-13-4-5-16-34(31)44-42)33-15-10-14-30(43(33)46-37)27-21-23-29(24-22-27)45-35-17-6-8-19-38(35)47-39-20-9-7-18-36(39)45/h1-26H. The van der Waals surface area contributed by atoms with Gasteiger partial charge in [-0.3, -0.25) is 0 Å². The fraction of sp³-hybridized carbons (Fsp3) is 0. The van der Waals surface area contributed by atoms with Crippen molar-refractivity contribution in [3.63, 3.8) is 0 Å². The first-order valence-corrected chi connectivity index (χ1v) is 16.6. The maximum absolute atomic E-state index is 6.75. The topological polar surface area (TPSA) is 29.3 Å². The van der Waals surface area contributed by atoms with Gasteiger partial charge in [0.2, 0.25) is 0 Å².